The molecule has 3 rings (SSSR count). The Labute approximate surface area is 181 Å². The number of benzene rings is 1. The molecule has 166 valence electrons. The van der Waals surface area contributed by atoms with Crippen molar-refractivity contribution < 1.29 is 4.74 Å². The summed E-state index contributed by atoms with van der Waals surface area (Å²) in [5, 5.41) is 8.45. The van der Waals surface area contributed by atoms with E-state index in [0.29, 0.717) is 12.1 Å². The molecule has 1 aliphatic rings. The fraction of sp³-hybridized carbons (Fsp3) is 0.625. The minimum Gasteiger partial charge on any atom is -0.377 e. The van der Waals surface area contributed by atoms with Gasteiger partial charge in [0.15, 0.2) is 5.96 Å². The predicted octanol–water partition coefficient (Wildman–Crippen LogP) is 3.33. The topological polar surface area (TPSA) is 64.7 Å². The zero-order valence-electron chi connectivity index (χ0n) is 19.1. The van der Waals surface area contributed by atoms with Crippen LogP contribution < -0.4 is 10.6 Å². The number of hydrogen-bond acceptors (Lipinski definition) is 3. The summed E-state index contributed by atoms with van der Waals surface area (Å²) < 4.78 is 5.68. The van der Waals surface area contributed by atoms with Gasteiger partial charge in [0.2, 0.25) is 0 Å². The number of H-pyrrole nitrogens is 1. The SMILES string of the molecule is CCc1cccc2c(CCNC(=NC)NC3CCN(CCOC(C)C)CC3)c[nH]c12. The average Bonchev–Trinajstić information content (AvgIpc) is 3.17. The Balaban J connectivity index is 1.41. The van der Waals surface area contributed by atoms with Crippen LogP contribution in [0, 0.1) is 0 Å². The lowest BCUT2D eigenvalue weighted by Crippen LogP contribution is -2.49. The number of aromatic nitrogens is 1. The summed E-state index contributed by atoms with van der Waals surface area (Å²) in [6.45, 7) is 11.3. The third kappa shape index (κ3) is 6.22. The van der Waals surface area contributed by atoms with E-state index in [9.17, 15) is 0 Å². The fourth-order valence-corrected chi connectivity index (χ4v) is 4.20. The van der Waals surface area contributed by atoms with Gasteiger partial charge in [-0.05, 0) is 50.7 Å². The van der Waals surface area contributed by atoms with E-state index in [1.165, 1.54) is 22.0 Å². The second kappa shape index (κ2) is 11.4. The molecule has 0 radical (unpaired) electrons. The van der Waals surface area contributed by atoms with E-state index < -0.39 is 0 Å². The number of rotatable bonds is 9. The third-order valence-electron chi connectivity index (χ3n) is 5.97. The number of aryl methyl sites for hydroxylation is 1. The van der Waals surface area contributed by atoms with Crippen LogP contribution in [0.25, 0.3) is 10.9 Å². The molecule has 0 atom stereocenters. The minimum atomic E-state index is 0.316. The Kier molecular flexibility index (Phi) is 8.58. The Morgan fingerprint density at radius 2 is 2.07 bits per heavy atom. The number of aromatic amines is 1. The van der Waals surface area contributed by atoms with Crippen LogP contribution in [-0.4, -0.2) is 67.8 Å². The van der Waals surface area contributed by atoms with Crippen molar-refractivity contribution in [1.29, 1.82) is 0 Å². The zero-order chi connectivity index (χ0) is 21.3. The number of piperidine rings is 1. The molecular weight excluding hydrogens is 374 g/mol. The van der Waals surface area contributed by atoms with E-state index in [1.54, 1.807) is 0 Å². The van der Waals surface area contributed by atoms with Gasteiger partial charge in [0.05, 0.1) is 12.7 Å². The molecule has 0 saturated carbocycles. The van der Waals surface area contributed by atoms with Crippen LogP contribution in [0.1, 0.15) is 44.7 Å². The summed E-state index contributed by atoms with van der Waals surface area (Å²) in [5.41, 5.74) is 4.02. The Bertz CT molecular complexity index is 805. The van der Waals surface area contributed by atoms with Gasteiger partial charge < -0.3 is 25.3 Å². The highest BCUT2D eigenvalue weighted by Gasteiger charge is 2.19. The summed E-state index contributed by atoms with van der Waals surface area (Å²) in [5.74, 6) is 0.908. The van der Waals surface area contributed by atoms with E-state index >= 15 is 0 Å². The van der Waals surface area contributed by atoms with E-state index in [0.717, 1.165) is 64.4 Å². The molecule has 2 aromatic rings. The maximum absolute atomic E-state index is 5.68. The highest BCUT2D eigenvalue weighted by atomic mass is 16.5. The normalized spacial score (nSPS) is 16.5. The quantitative estimate of drug-likeness (QED) is 0.436. The molecule has 2 heterocycles. The summed E-state index contributed by atoms with van der Waals surface area (Å²) in [4.78, 5) is 10.4. The maximum atomic E-state index is 5.68. The Morgan fingerprint density at radius 3 is 2.77 bits per heavy atom. The van der Waals surface area contributed by atoms with Crippen molar-refractivity contribution in [1.82, 2.24) is 20.5 Å². The van der Waals surface area contributed by atoms with Crippen molar-refractivity contribution in [2.75, 3.05) is 39.8 Å². The van der Waals surface area contributed by atoms with Gasteiger partial charge in [-0.15, -0.1) is 0 Å². The highest BCUT2D eigenvalue weighted by molar-refractivity contribution is 5.86. The molecule has 1 fully saturated rings. The van der Waals surface area contributed by atoms with Gasteiger partial charge in [0.1, 0.15) is 0 Å². The summed E-state index contributed by atoms with van der Waals surface area (Å²) in [6, 6.07) is 7.06. The first-order valence-corrected chi connectivity index (χ1v) is 11.5. The molecular formula is C24H39N5O. The first-order chi connectivity index (χ1) is 14.6. The van der Waals surface area contributed by atoms with Crippen LogP contribution in [0.3, 0.4) is 0 Å². The number of fused-ring (bicyclic) bond motifs is 1. The number of likely N-dealkylation sites (tertiary alicyclic amines) is 1. The second-order valence-electron chi connectivity index (χ2n) is 8.44. The first-order valence-electron chi connectivity index (χ1n) is 11.5. The first kappa shape index (κ1) is 22.6. The molecule has 1 aromatic carbocycles. The predicted molar refractivity (Wildman–Crippen MR) is 126 cm³/mol. The fourth-order valence-electron chi connectivity index (χ4n) is 4.20. The van der Waals surface area contributed by atoms with E-state index in [4.69, 9.17) is 4.74 Å². The molecule has 1 aromatic heterocycles. The molecule has 0 amide bonds. The van der Waals surface area contributed by atoms with Crippen LogP contribution in [-0.2, 0) is 17.6 Å². The standard InChI is InChI=1S/C24H39N5O/c1-5-19-7-6-8-22-20(17-27-23(19)22)9-12-26-24(25-4)28-21-10-13-29(14-11-21)15-16-30-18(2)3/h6-8,17-18,21,27H,5,9-16H2,1-4H3,(H2,25,26,28). The summed E-state index contributed by atoms with van der Waals surface area (Å²) in [6.07, 6.45) is 6.78. The molecule has 1 aliphatic heterocycles. The molecule has 6 nitrogen and oxygen atoms in total. The zero-order valence-corrected chi connectivity index (χ0v) is 19.1. The molecule has 6 heteroatoms. The smallest absolute Gasteiger partial charge is 0.191 e. The average molecular weight is 414 g/mol. The number of hydrogen-bond donors (Lipinski definition) is 3. The van der Waals surface area contributed by atoms with Crippen molar-refractivity contribution in [3.05, 3.63) is 35.5 Å². The van der Waals surface area contributed by atoms with Crippen molar-refractivity contribution in [3.8, 4) is 0 Å². The van der Waals surface area contributed by atoms with Crippen LogP contribution in [0.15, 0.2) is 29.4 Å². The van der Waals surface area contributed by atoms with Gasteiger partial charge in [-0.25, -0.2) is 0 Å². The molecule has 0 aliphatic carbocycles. The van der Waals surface area contributed by atoms with Gasteiger partial charge in [-0.3, -0.25) is 4.99 Å². The highest BCUT2D eigenvalue weighted by Crippen LogP contribution is 2.22. The lowest BCUT2D eigenvalue weighted by molar-refractivity contribution is 0.0532. The number of guanidine groups is 1. The maximum Gasteiger partial charge on any atom is 0.191 e. The van der Waals surface area contributed by atoms with Crippen LogP contribution in [0.2, 0.25) is 0 Å². The second-order valence-corrected chi connectivity index (χ2v) is 8.44. The van der Waals surface area contributed by atoms with Gasteiger partial charge in [0.25, 0.3) is 0 Å². The van der Waals surface area contributed by atoms with Crippen LogP contribution >= 0.6 is 0 Å². The summed E-state index contributed by atoms with van der Waals surface area (Å²) in [7, 11) is 1.85. The van der Waals surface area contributed by atoms with Gasteiger partial charge in [0, 0.05) is 56.4 Å². The number of para-hydroxylation sites is 1. The van der Waals surface area contributed by atoms with Gasteiger partial charge in [-0.2, -0.15) is 0 Å². The minimum absolute atomic E-state index is 0.316. The largest absolute Gasteiger partial charge is 0.377 e. The lowest BCUT2D eigenvalue weighted by atomic mass is 10.1. The van der Waals surface area contributed by atoms with E-state index in [2.05, 4.69) is 70.7 Å². The number of nitrogens with zero attached hydrogens (tertiary/aromatic N) is 2. The van der Waals surface area contributed by atoms with E-state index in [-0.39, 0.29) is 0 Å². The molecule has 0 unspecified atom stereocenters. The number of aliphatic imine (C=N–C) groups is 1. The van der Waals surface area contributed by atoms with Crippen molar-refractivity contribution in [2.45, 2.75) is 58.6 Å². The van der Waals surface area contributed by atoms with Crippen LogP contribution in [0.5, 0.6) is 0 Å². The van der Waals surface area contributed by atoms with Crippen LogP contribution in [0.4, 0.5) is 0 Å². The molecule has 3 N–H and O–H groups in total. The lowest BCUT2D eigenvalue weighted by Gasteiger charge is -2.33. The molecule has 0 spiro atoms. The van der Waals surface area contributed by atoms with Crippen molar-refractivity contribution in [3.63, 3.8) is 0 Å². The van der Waals surface area contributed by atoms with Crippen molar-refractivity contribution >= 4 is 16.9 Å². The number of ether oxygens (including phenoxy) is 1. The number of nitrogens with one attached hydrogen (secondary N) is 3. The molecule has 0 bridgehead atoms. The van der Waals surface area contributed by atoms with Gasteiger partial charge in [-0.1, -0.05) is 25.1 Å². The third-order valence-corrected chi connectivity index (χ3v) is 5.97. The molecule has 30 heavy (non-hydrogen) atoms. The van der Waals surface area contributed by atoms with Gasteiger partial charge >= 0.3 is 0 Å². The van der Waals surface area contributed by atoms with Crippen molar-refractivity contribution in [2.24, 2.45) is 4.99 Å². The van der Waals surface area contributed by atoms with E-state index in [1.807, 2.05) is 7.05 Å². The summed E-state index contributed by atoms with van der Waals surface area (Å²) >= 11 is 0. The Morgan fingerprint density at radius 1 is 1.27 bits per heavy atom. The Hall–Kier alpha value is -2.05. The monoisotopic (exact) mass is 413 g/mol. The molecule has 1 saturated heterocycles.